The van der Waals surface area contributed by atoms with Crippen molar-refractivity contribution in [3.63, 3.8) is 0 Å². The van der Waals surface area contributed by atoms with Crippen LogP contribution in [0.3, 0.4) is 0 Å². The highest BCUT2D eigenvalue weighted by Crippen LogP contribution is 2.32. The highest BCUT2D eigenvalue weighted by molar-refractivity contribution is 7.92. The molecule has 0 bridgehead atoms. The van der Waals surface area contributed by atoms with Crippen molar-refractivity contribution in [2.75, 3.05) is 32.2 Å². The molecule has 10 heteroatoms. The van der Waals surface area contributed by atoms with Gasteiger partial charge in [0, 0.05) is 6.07 Å². The van der Waals surface area contributed by atoms with Crippen LogP contribution in [0.5, 0.6) is 17.2 Å². The summed E-state index contributed by atoms with van der Waals surface area (Å²) >= 11 is 0. The summed E-state index contributed by atoms with van der Waals surface area (Å²) in [6.45, 7) is 1.39. The SMILES string of the molecule is CCC(NC(=O)CN(c1ccc(F)cc1)S(=O)(=O)c1ccc(OC)c(OC)c1)c1ccc(OC)cc1. The quantitative estimate of drug-likeness (QED) is 0.408. The second kappa shape index (κ2) is 11.8. The minimum absolute atomic E-state index is 0.112. The summed E-state index contributed by atoms with van der Waals surface area (Å²) in [7, 11) is 0.160. The van der Waals surface area contributed by atoms with Crippen LogP contribution in [-0.4, -0.2) is 42.2 Å². The van der Waals surface area contributed by atoms with E-state index in [-0.39, 0.29) is 22.4 Å². The molecule has 36 heavy (non-hydrogen) atoms. The lowest BCUT2D eigenvalue weighted by Crippen LogP contribution is -2.42. The molecule has 192 valence electrons. The predicted octanol–water partition coefficient (Wildman–Crippen LogP) is 4.31. The molecule has 0 saturated carbocycles. The molecular weight excluding hydrogens is 487 g/mol. The Balaban J connectivity index is 1.93. The summed E-state index contributed by atoms with van der Waals surface area (Å²) < 4.78 is 57.5. The Morgan fingerprint density at radius 2 is 1.56 bits per heavy atom. The van der Waals surface area contributed by atoms with Crippen LogP contribution in [-0.2, 0) is 14.8 Å². The van der Waals surface area contributed by atoms with Crippen LogP contribution in [0, 0.1) is 5.82 Å². The monoisotopic (exact) mass is 516 g/mol. The molecule has 0 aromatic heterocycles. The van der Waals surface area contributed by atoms with Crippen LogP contribution >= 0.6 is 0 Å². The van der Waals surface area contributed by atoms with Gasteiger partial charge in [-0.1, -0.05) is 19.1 Å². The van der Waals surface area contributed by atoms with Crippen molar-refractivity contribution in [3.05, 3.63) is 78.1 Å². The van der Waals surface area contributed by atoms with Crippen molar-refractivity contribution in [3.8, 4) is 17.2 Å². The predicted molar refractivity (Wildman–Crippen MR) is 135 cm³/mol. The lowest BCUT2D eigenvalue weighted by molar-refractivity contribution is -0.120. The molecule has 0 heterocycles. The molecule has 0 aliphatic carbocycles. The minimum atomic E-state index is -4.24. The second-order valence-electron chi connectivity index (χ2n) is 7.81. The number of anilines is 1. The summed E-state index contributed by atoms with van der Waals surface area (Å²) in [5.41, 5.74) is 0.988. The Morgan fingerprint density at radius 3 is 2.11 bits per heavy atom. The molecule has 1 atom stereocenters. The molecule has 0 spiro atoms. The smallest absolute Gasteiger partial charge is 0.264 e. The largest absolute Gasteiger partial charge is 0.497 e. The van der Waals surface area contributed by atoms with E-state index in [2.05, 4.69) is 5.32 Å². The third-order valence-corrected chi connectivity index (χ3v) is 7.38. The maximum Gasteiger partial charge on any atom is 0.264 e. The lowest BCUT2D eigenvalue weighted by Gasteiger charge is -2.26. The molecule has 0 aliphatic heterocycles. The zero-order chi connectivity index (χ0) is 26.3. The molecule has 0 radical (unpaired) electrons. The van der Waals surface area contributed by atoms with Gasteiger partial charge >= 0.3 is 0 Å². The van der Waals surface area contributed by atoms with Crippen molar-refractivity contribution < 1.29 is 31.8 Å². The van der Waals surface area contributed by atoms with Gasteiger partial charge in [-0.25, -0.2) is 12.8 Å². The standard InChI is InChI=1S/C26H29FN2O6S/c1-5-23(18-6-12-21(33-2)13-7-18)28-26(30)17-29(20-10-8-19(27)9-11-20)36(31,32)22-14-15-24(34-3)25(16-22)35-4/h6-16,23H,5,17H2,1-4H3,(H,28,30). The molecule has 0 saturated heterocycles. The Bertz CT molecular complexity index is 1280. The van der Waals surface area contributed by atoms with Crippen LogP contribution in [0.4, 0.5) is 10.1 Å². The zero-order valence-electron chi connectivity index (χ0n) is 20.5. The fourth-order valence-corrected chi connectivity index (χ4v) is 5.09. The number of carbonyl (C=O) groups excluding carboxylic acids is 1. The molecule has 8 nitrogen and oxygen atoms in total. The van der Waals surface area contributed by atoms with Crippen molar-refractivity contribution in [2.24, 2.45) is 0 Å². The summed E-state index contributed by atoms with van der Waals surface area (Å²) in [5.74, 6) is 0.201. The van der Waals surface area contributed by atoms with Gasteiger partial charge in [-0.2, -0.15) is 0 Å². The van der Waals surface area contributed by atoms with E-state index in [0.717, 1.165) is 22.0 Å². The van der Waals surface area contributed by atoms with Gasteiger partial charge in [0.15, 0.2) is 11.5 Å². The first-order chi connectivity index (χ1) is 17.2. The molecule has 3 aromatic rings. The minimum Gasteiger partial charge on any atom is -0.497 e. The van der Waals surface area contributed by atoms with E-state index in [9.17, 15) is 17.6 Å². The average Bonchev–Trinajstić information content (AvgIpc) is 2.90. The fraction of sp³-hybridized carbons (Fsp3) is 0.269. The first-order valence-corrected chi connectivity index (χ1v) is 12.6. The van der Waals surface area contributed by atoms with Crippen LogP contribution in [0.2, 0.25) is 0 Å². The number of nitrogens with zero attached hydrogens (tertiary/aromatic N) is 1. The molecule has 3 rings (SSSR count). The van der Waals surface area contributed by atoms with Crippen molar-refractivity contribution >= 4 is 21.6 Å². The summed E-state index contributed by atoms with van der Waals surface area (Å²) in [5, 5.41) is 2.89. The van der Waals surface area contributed by atoms with Gasteiger partial charge in [0.05, 0.1) is 38.0 Å². The van der Waals surface area contributed by atoms with E-state index < -0.39 is 28.3 Å². The number of rotatable bonds is 11. The van der Waals surface area contributed by atoms with Gasteiger partial charge in [-0.15, -0.1) is 0 Å². The maximum atomic E-state index is 13.7. The second-order valence-corrected chi connectivity index (χ2v) is 9.67. The number of halogens is 1. The van der Waals surface area contributed by atoms with Crippen molar-refractivity contribution in [1.29, 1.82) is 0 Å². The van der Waals surface area contributed by atoms with E-state index >= 15 is 0 Å². The van der Waals surface area contributed by atoms with Crippen molar-refractivity contribution in [1.82, 2.24) is 5.32 Å². The summed E-state index contributed by atoms with van der Waals surface area (Å²) in [6.07, 6.45) is 0.580. The normalized spacial score (nSPS) is 11.9. The fourth-order valence-electron chi connectivity index (χ4n) is 3.65. The molecular formula is C26H29FN2O6S. The molecule has 1 amide bonds. The van der Waals surface area contributed by atoms with E-state index in [4.69, 9.17) is 14.2 Å². The van der Waals surface area contributed by atoms with Crippen LogP contribution < -0.4 is 23.8 Å². The van der Waals surface area contributed by atoms with Gasteiger partial charge in [0.25, 0.3) is 10.0 Å². The Hall–Kier alpha value is -3.79. The van der Waals surface area contributed by atoms with Gasteiger partial charge in [-0.05, 0) is 60.5 Å². The Morgan fingerprint density at radius 1 is 0.917 bits per heavy atom. The Labute approximate surface area is 210 Å². The molecule has 0 fully saturated rings. The van der Waals surface area contributed by atoms with E-state index in [1.807, 2.05) is 19.1 Å². The van der Waals surface area contributed by atoms with Crippen molar-refractivity contribution in [2.45, 2.75) is 24.3 Å². The lowest BCUT2D eigenvalue weighted by atomic mass is 10.0. The summed E-state index contributed by atoms with van der Waals surface area (Å²) in [6, 6.07) is 15.9. The number of benzene rings is 3. The first-order valence-electron chi connectivity index (χ1n) is 11.2. The number of nitrogens with one attached hydrogen (secondary N) is 1. The molecule has 1 unspecified atom stereocenters. The van der Waals surface area contributed by atoms with Crippen LogP contribution in [0.1, 0.15) is 24.9 Å². The number of amides is 1. The third kappa shape index (κ3) is 6.06. The zero-order valence-corrected chi connectivity index (χ0v) is 21.3. The van der Waals surface area contributed by atoms with E-state index in [1.54, 1.807) is 19.2 Å². The highest BCUT2D eigenvalue weighted by Gasteiger charge is 2.29. The first kappa shape index (κ1) is 26.8. The average molecular weight is 517 g/mol. The van der Waals surface area contributed by atoms with Crippen LogP contribution in [0.25, 0.3) is 0 Å². The molecule has 0 aliphatic rings. The maximum absolute atomic E-state index is 13.7. The highest BCUT2D eigenvalue weighted by atomic mass is 32.2. The number of sulfonamides is 1. The van der Waals surface area contributed by atoms with E-state index in [1.165, 1.54) is 44.6 Å². The number of carbonyl (C=O) groups is 1. The topological polar surface area (TPSA) is 94.2 Å². The number of hydrogen-bond donors (Lipinski definition) is 1. The molecule has 1 N–H and O–H groups in total. The third-order valence-electron chi connectivity index (χ3n) is 5.61. The number of ether oxygens (including phenoxy) is 3. The van der Waals surface area contributed by atoms with Crippen LogP contribution in [0.15, 0.2) is 71.6 Å². The van der Waals surface area contributed by atoms with E-state index in [0.29, 0.717) is 17.9 Å². The Kier molecular flexibility index (Phi) is 8.76. The van der Waals surface area contributed by atoms with Gasteiger partial charge in [0.2, 0.25) is 5.91 Å². The number of methoxy groups -OCH3 is 3. The number of hydrogen-bond acceptors (Lipinski definition) is 6. The molecule has 3 aromatic carbocycles. The van der Waals surface area contributed by atoms with Gasteiger partial charge < -0.3 is 19.5 Å². The van der Waals surface area contributed by atoms with Gasteiger partial charge in [-0.3, -0.25) is 9.10 Å². The summed E-state index contributed by atoms with van der Waals surface area (Å²) in [4.78, 5) is 13.0. The van der Waals surface area contributed by atoms with Gasteiger partial charge in [0.1, 0.15) is 18.1 Å².